The van der Waals surface area contributed by atoms with Gasteiger partial charge in [-0.2, -0.15) is 0 Å². The number of nitro benzene ring substituents is 1. The van der Waals surface area contributed by atoms with Crippen LogP contribution in [-0.4, -0.2) is 58.4 Å². The van der Waals surface area contributed by atoms with Crippen LogP contribution in [0, 0.1) is 10.1 Å². The molecule has 0 atom stereocenters. The van der Waals surface area contributed by atoms with Crippen molar-refractivity contribution in [2.75, 3.05) is 47.6 Å². The lowest BCUT2D eigenvalue weighted by atomic mass is 10.1. The van der Waals surface area contributed by atoms with Crippen LogP contribution in [0.2, 0.25) is 0 Å². The van der Waals surface area contributed by atoms with E-state index in [-0.39, 0.29) is 35.2 Å². The van der Waals surface area contributed by atoms with Gasteiger partial charge in [0.25, 0.3) is 5.91 Å². The van der Waals surface area contributed by atoms with Gasteiger partial charge in [0.1, 0.15) is 0 Å². The average Bonchev–Trinajstić information content (AvgIpc) is 2.56. The van der Waals surface area contributed by atoms with E-state index in [0.717, 1.165) is 6.07 Å². The second kappa shape index (κ2) is 11.4. The fourth-order valence-corrected chi connectivity index (χ4v) is 1.88. The molecule has 0 spiro atoms. The van der Waals surface area contributed by atoms with Gasteiger partial charge in [0, 0.05) is 32.8 Å². The van der Waals surface area contributed by atoms with Crippen molar-refractivity contribution in [1.82, 2.24) is 10.6 Å². The number of amides is 1. The molecule has 10 heteroatoms. The predicted molar refractivity (Wildman–Crippen MR) is 90.5 cm³/mol. The van der Waals surface area contributed by atoms with Crippen molar-refractivity contribution in [2.24, 2.45) is 0 Å². The molecule has 0 bridgehead atoms. The zero-order chi connectivity index (χ0) is 17.2. The minimum atomic E-state index is -0.621. The maximum absolute atomic E-state index is 12.1. The Bertz CT molecular complexity index is 556. The van der Waals surface area contributed by atoms with Crippen LogP contribution in [-0.2, 0) is 4.74 Å². The van der Waals surface area contributed by atoms with Gasteiger partial charge >= 0.3 is 5.69 Å². The monoisotopic (exact) mass is 363 g/mol. The highest BCUT2D eigenvalue weighted by Gasteiger charge is 2.23. The summed E-state index contributed by atoms with van der Waals surface area (Å²) in [6.07, 6.45) is 0. The smallest absolute Gasteiger partial charge is 0.315 e. The summed E-state index contributed by atoms with van der Waals surface area (Å²) in [4.78, 5) is 22.6. The number of nitro groups is 1. The van der Waals surface area contributed by atoms with Crippen LogP contribution >= 0.6 is 12.4 Å². The van der Waals surface area contributed by atoms with Crippen LogP contribution in [0.25, 0.3) is 0 Å². The standard InChI is InChI=1S/C14H21N3O6.ClH/c1-21-7-6-15-4-5-16-14(18)10-8-11(17(19)20)13(23-3)12(9-10)22-2;/h8-9,15H,4-7H2,1-3H3,(H,16,18);1H. The number of carbonyl (C=O) groups is 1. The third-order valence-corrected chi connectivity index (χ3v) is 2.99. The van der Waals surface area contributed by atoms with E-state index in [2.05, 4.69) is 10.6 Å². The van der Waals surface area contributed by atoms with Crippen molar-refractivity contribution < 1.29 is 23.9 Å². The molecule has 0 aliphatic heterocycles. The second-order valence-electron chi connectivity index (χ2n) is 4.49. The molecule has 1 aromatic carbocycles. The van der Waals surface area contributed by atoms with Gasteiger partial charge in [-0.05, 0) is 6.07 Å². The quantitative estimate of drug-likeness (QED) is 0.362. The van der Waals surface area contributed by atoms with Crippen molar-refractivity contribution in [3.8, 4) is 11.5 Å². The summed E-state index contributed by atoms with van der Waals surface area (Å²) in [6.45, 7) is 2.19. The van der Waals surface area contributed by atoms with Crippen molar-refractivity contribution in [1.29, 1.82) is 0 Å². The molecular weight excluding hydrogens is 342 g/mol. The minimum Gasteiger partial charge on any atom is -0.493 e. The number of rotatable bonds is 10. The van der Waals surface area contributed by atoms with E-state index >= 15 is 0 Å². The number of hydrogen-bond acceptors (Lipinski definition) is 7. The van der Waals surface area contributed by atoms with Crippen molar-refractivity contribution in [3.63, 3.8) is 0 Å². The Kier molecular flexibility index (Phi) is 10.4. The van der Waals surface area contributed by atoms with Gasteiger partial charge in [0.05, 0.1) is 31.3 Å². The predicted octanol–water partition coefficient (Wildman–Crippen LogP) is 1.000. The number of benzene rings is 1. The van der Waals surface area contributed by atoms with Crippen LogP contribution in [0.4, 0.5) is 5.69 Å². The topological polar surface area (TPSA) is 112 Å². The van der Waals surface area contributed by atoms with E-state index < -0.39 is 10.8 Å². The summed E-state index contributed by atoms with van der Waals surface area (Å²) in [5.74, 6) is -0.317. The Labute approximate surface area is 146 Å². The first-order valence-corrected chi connectivity index (χ1v) is 6.93. The number of halogens is 1. The van der Waals surface area contributed by atoms with Crippen molar-refractivity contribution >= 4 is 24.0 Å². The summed E-state index contributed by atoms with van der Waals surface area (Å²) in [5.41, 5.74) is -0.193. The lowest BCUT2D eigenvalue weighted by Crippen LogP contribution is -2.33. The zero-order valence-corrected chi connectivity index (χ0v) is 14.6. The van der Waals surface area contributed by atoms with E-state index in [1.807, 2.05) is 0 Å². The van der Waals surface area contributed by atoms with Crippen molar-refractivity contribution in [2.45, 2.75) is 0 Å². The molecule has 0 saturated heterocycles. The molecule has 0 aliphatic rings. The molecule has 1 rings (SSSR count). The van der Waals surface area contributed by atoms with E-state index in [1.165, 1.54) is 20.3 Å². The van der Waals surface area contributed by atoms with E-state index in [1.54, 1.807) is 7.11 Å². The molecule has 0 heterocycles. The SMILES string of the molecule is COCCNCCNC(=O)c1cc(OC)c(OC)c([N+](=O)[O-])c1.Cl. The third kappa shape index (κ3) is 6.19. The van der Waals surface area contributed by atoms with Crippen LogP contribution < -0.4 is 20.1 Å². The first-order chi connectivity index (χ1) is 11.0. The molecular formula is C14H22ClN3O6. The lowest BCUT2D eigenvalue weighted by molar-refractivity contribution is -0.385. The third-order valence-electron chi connectivity index (χ3n) is 2.99. The first kappa shape index (κ1) is 21.9. The molecule has 136 valence electrons. The molecule has 0 saturated carbocycles. The fraction of sp³-hybridized carbons (Fsp3) is 0.500. The van der Waals surface area contributed by atoms with Gasteiger partial charge in [0.2, 0.25) is 5.75 Å². The Hall–Kier alpha value is -2.10. The summed E-state index contributed by atoms with van der Waals surface area (Å²) in [5, 5.41) is 16.8. The van der Waals surface area contributed by atoms with Gasteiger partial charge < -0.3 is 24.8 Å². The molecule has 0 fully saturated rings. The normalized spacial score (nSPS) is 9.79. The maximum atomic E-state index is 12.1. The number of hydrogen-bond donors (Lipinski definition) is 2. The lowest BCUT2D eigenvalue weighted by Gasteiger charge is -2.11. The fourth-order valence-electron chi connectivity index (χ4n) is 1.88. The Balaban J connectivity index is 0.00000529. The zero-order valence-electron chi connectivity index (χ0n) is 13.8. The number of ether oxygens (including phenoxy) is 3. The molecule has 24 heavy (non-hydrogen) atoms. The first-order valence-electron chi connectivity index (χ1n) is 6.93. The van der Waals surface area contributed by atoms with E-state index in [9.17, 15) is 14.9 Å². The van der Waals surface area contributed by atoms with Crippen LogP contribution in [0.15, 0.2) is 12.1 Å². The molecule has 1 amide bonds. The number of methoxy groups -OCH3 is 3. The van der Waals surface area contributed by atoms with Crippen LogP contribution in [0.3, 0.4) is 0 Å². The average molecular weight is 364 g/mol. The summed E-state index contributed by atoms with van der Waals surface area (Å²) < 4.78 is 14.9. The molecule has 9 nitrogen and oxygen atoms in total. The highest BCUT2D eigenvalue weighted by Crippen LogP contribution is 2.37. The maximum Gasteiger partial charge on any atom is 0.315 e. The minimum absolute atomic E-state index is 0. The van der Waals surface area contributed by atoms with Gasteiger partial charge in [0.15, 0.2) is 5.75 Å². The Morgan fingerprint density at radius 2 is 1.88 bits per heavy atom. The van der Waals surface area contributed by atoms with Gasteiger partial charge in [-0.15, -0.1) is 12.4 Å². The molecule has 0 radical (unpaired) electrons. The molecule has 0 aliphatic carbocycles. The van der Waals surface area contributed by atoms with E-state index in [4.69, 9.17) is 14.2 Å². The van der Waals surface area contributed by atoms with Gasteiger partial charge in [-0.3, -0.25) is 14.9 Å². The van der Waals surface area contributed by atoms with Crippen molar-refractivity contribution in [3.05, 3.63) is 27.8 Å². The number of nitrogens with zero attached hydrogens (tertiary/aromatic N) is 1. The van der Waals surface area contributed by atoms with E-state index in [0.29, 0.717) is 26.2 Å². The number of carbonyl (C=O) groups excluding carboxylic acids is 1. The second-order valence-corrected chi connectivity index (χ2v) is 4.49. The Morgan fingerprint density at radius 1 is 1.17 bits per heavy atom. The molecule has 0 aromatic heterocycles. The van der Waals surface area contributed by atoms with Crippen LogP contribution in [0.5, 0.6) is 11.5 Å². The van der Waals surface area contributed by atoms with Gasteiger partial charge in [-0.25, -0.2) is 0 Å². The summed E-state index contributed by atoms with van der Waals surface area (Å²) >= 11 is 0. The molecule has 2 N–H and O–H groups in total. The largest absolute Gasteiger partial charge is 0.493 e. The highest BCUT2D eigenvalue weighted by molar-refractivity contribution is 5.96. The van der Waals surface area contributed by atoms with Crippen LogP contribution in [0.1, 0.15) is 10.4 Å². The van der Waals surface area contributed by atoms with Gasteiger partial charge in [-0.1, -0.05) is 0 Å². The highest BCUT2D eigenvalue weighted by atomic mass is 35.5. The molecule has 0 unspecified atom stereocenters. The number of nitrogens with one attached hydrogen (secondary N) is 2. The summed E-state index contributed by atoms with van der Waals surface area (Å²) in [7, 11) is 4.26. The Morgan fingerprint density at radius 3 is 2.42 bits per heavy atom. The molecule has 1 aromatic rings. The summed E-state index contributed by atoms with van der Waals surface area (Å²) in [6, 6.07) is 2.56.